The summed E-state index contributed by atoms with van der Waals surface area (Å²) in [5, 5.41) is 5.84. The lowest BCUT2D eigenvalue weighted by Crippen LogP contribution is -2.13. The van der Waals surface area contributed by atoms with Gasteiger partial charge in [-0.25, -0.2) is 4.98 Å². The standard InChI is InChI=1S/C14H10Cl3N3O2/c1-7(21)19-9-2-3-10(15)12(5-9)20-14(22)8-4-11(16)13(17)18-6-8/h2-6H,1H3,(H,19,21)(H,20,22). The van der Waals surface area contributed by atoms with Crippen LogP contribution in [0.1, 0.15) is 17.3 Å². The molecule has 0 bridgehead atoms. The first-order chi connectivity index (χ1) is 10.4. The van der Waals surface area contributed by atoms with Gasteiger partial charge >= 0.3 is 0 Å². The molecule has 0 saturated heterocycles. The largest absolute Gasteiger partial charge is 0.326 e. The van der Waals surface area contributed by atoms with E-state index in [1.807, 2.05) is 0 Å². The summed E-state index contributed by atoms with van der Waals surface area (Å²) in [7, 11) is 0. The van der Waals surface area contributed by atoms with Crippen molar-refractivity contribution >= 4 is 58.0 Å². The van der Waals surface area contributed by atoms with Gasteiger partial charge in [0.15, 0.2) is 0 Å². The van der Waals surface area contributed by atoms with Crippen LogP contribution in [0.4, 0.5) is 11.4 Å². The average molecular weight is 359 g/mol. The van der Waals surface area contributed by atoms with E-state index < -0.39 is 5.91 Å². The molecule has 0 fully saturated rings. The zero-order valence-electron chi connectivity index (χ0n) is 11.3. The van der Waals surface area contributed by atoms with Crippen LogP contribution in [0, 0.1) is 0 Å². The number of pyridine rings is 1. The van der Waals surface area contributed by atoms with Crippen molar-refractivity contribution in [2.45, 2.75) is 6.92 Å². The Labute approximate surface area is 141 Å². The number of hydrogen-bond donors (Lipinski definition) is 2. The SMILES string of the molecule is CC(=O)Nc1ccc(Cl)c(NC(=O)c2cnc(Cl)c(Cl)c2)c1. The molecule has 2 aromatic rings. The number of hydrogen-bond acceptors (Lipinski definition) is 3. The smallest absolute Gasteiger partial charge is 0.257 e. The molecule has 0 radical (unpaired) electrons. The summed E-state index contributed by atoms with van der Waals surface area (Å²) in [4.78, 5) is 27.0. The minimum absolute atomic E-state index is 0.115. The molecule has 1 heterocycles. The van der Waals surface area contributed by atoms with Crippen LogP contribution in [0.3, 0.4) is 0 Å². The maximum atomic E-state index is 12.2. The van der Waals surface area contributed by atoms with Gasteiger partial charge in [0, 0.05) is 18.8 Å². The summed E-state index contributed by atoms with van der Waals surface area (Å²) in [5.41, 5.74) is 1.10. The van der Waals surface area contributed by atoms with E-state index >= 15 is 0 Å². The molecular weight excluding hydrogens is 349 g/mol. The molecule has 0 aliphatic carbocycles. The van der Waals surface area contributed by atoms with Gasteiger partial charge in [0.2, 0.25) is 5.91 Å². The summed E-state index contributed by atoms with van der Waals surface area (Å²) >= 11 is 17.6. The van der Waals surface area contributed by atoms with Crippen molar-refractivity contribution in [1.29, 1.82) is 0 Å². The van der Waals surface area contributed by atoms with Crippen LogP contribution in [-0.2, 0) is 4.79 Å². The Morgan fingerprint density at radius 2 is 1.77 bits per heavy atom. The van der Waals surface area contributed by atoms with Gasteiger partial charge in [0.1, 0.15) is 5.15 Å². The lowest BCUT2D eigenvalue weighted by atomic mass is 10.2. The lowest BCUT2D eigenvalue weighted by Gasteiger charge is -2.10. The van der Waals surface area contributed by atoms with E-state index in [9.17, 15) is 9.59 Å². The fourth-order valence-corrected chi connectivity index (χ4v) is 2.08. The number of benzene rings is 1. The Hall–Kier alpha value is -1.82. The number of anilines is 2. The lowest BCUT2D eigenvalue weighted by molar-refractivity contribution is -0.114. The second-order valence-corrected chi connectivity index (χ2v) is 5.50. The number of nitrogens with zero attached hydrogens (tertiary/aromatic N) is 1. The third kappa shape index (κ3) is 4.10. The minimum atomic E-state index is -0.451. The van der Waals surface area contributed by atoms with Crippen LogP contribution in [0.15, 0.2) is 30.5 Å². The third-order valence-electron chi connectivity index (χ3n) is 2.59. The first-order valence-electron chi connectivity index (χ1n) is 6.06. The van der Waals surface area contributed by atoms with Crippen molar-refractivity contribution < 1.29 is 9.59 Å². The van der Waals surface area contributed by atoms with E-state index in [0.717, 1.165) is 0 Å². The molecule has 2 amide bonds. The van der Waals surface area contributed by atoms with Gasteiger partial charge in [-0.05, 0) is 24.3 Å². The fourth-order valence-electron chi connectivity index (χ4n) is 1.64. The van der Waals surface area contributed by atoms with Crippen LogP contribution >= 0.6 is 34.8 Å². The van der Waals surface area contributed by atoms with Gasteiger partial charge < -0.3 is 10.6 Å². The summed E-state index contributed by atoms with van der Waals surface area (Å²) in [6.07, 6.45) is 1.30. The summed E-state index contributed by atoms with van der Waals surface area (Å²) in [6, 6.07) is 6.14. The Morgan fingerprint density at radius 3 is 2.41 bits per heavy atom. The Morgan fingerprint density at radius 1 is 1.05 bits per heavy atom. The number of amides is 2. The second-order valence-electron chi connectivity index (χ2n) is 4.33. The van der Waals surface area contributed by atoms with Gasteiger partial charge in [0.05, 0.1) is 21.3 Å². The molecular formula is C14H10Cl3N3O2. The number of nitrogens with one attached hydrogen (secondary N) is 2. The zero-order valence-corrected chi connectivity index (χ0v) is 13.6. The molecule has 0 aliphatic rings. The molecule has 1 aromatic heterocycles. The Kier molecular flexibility index (Phi) is 5.24. The third-order valence-corrected chi connectivity index (χ3v) is 3.61. The number of carbonyl (C=O) groups is 2. The minimum Gasteiger partial charge on any atom is -0.326 e. The van der Waals surface area contributed by atoms with Gasteiger partial charge in [0.25, 0.3) is 5.91 Å². The molecule has 2 N–H and O–H groups in total. The molecule has 0 atom stereocenters. The van der Waals surface area contributed by atoms with Gasteiger partial charge in [-0.2, -0.15) is 0 Å². The number of rotatable bonds is 3. The highest BCUT2D eigenvalue weighted by molar-refractivity contribution is 6.41. The first-order valence-corrected chi connectivity index (χ1v) is 7.19. The second kappa shape index (κ2) is 6.96. The summed E-state index contributed by atoms with van der Waals surface area (Å²) in [6.45, 7) is 1.38. The molecule has 0 saturated carbocycles. The predicted octanol–water partition coefficient (Wildman–Crippen LogP) is 4.25. The van der Waals surface area contributed by atoms with Crippen LogP contribution in [0.2, 0.25) is 15.2 Å². The van der Waals surface area contributed by atoms with Gasteiger partial charge in [-0.3, -0.25) is 9.59 Å². The average Bonchev–Trinajstić information content (AvgIpc) is 2.45. The number of halogens is 3. The molecule has 0 aliphatic heterocycles. The van der Waals surface area contributed by atoms with Crippen LogP contribution < -0.4 is 10.6 Å². The zero-order chi connectivity index (χ0) is 16.3. The molecule has 0 unspecified atom stereocenters. The molecule has 5 nitrogen and oxygen atoms in total. The van der Waals surface area contributed by atoms with E-state index in [4.69, 9.17) is 34.8 Å². The van der Waals surface area contributed by atoms with E-state index in [1.54, 1.807) is 18.2 Å². The van der Waals surface area contributed by atoms with Crippen LogP contribution in [-0.4, -0.2) is 16.8 Å². The quantitative estimate of drug-likeness (QED) is 0.806. The number of carbonyl (C=O) groups excluding carboxylic acids is 2. The summed E-state index contributed by atoms with van der Waals surface area (Å²) in [5.74, 6) is -0.679. The highest BCUT2D eigenvalue weighted by Gasteiger charge is 2.12. The van der Waals surface area contributed by atoms with Crippen molar-refractivity contribution in [2.75, 3.05) is 10.6 Å². The number of aromatic nitrogens is 1. The van der Waals surface area contributed by atoms with Crippen molar-refractivity contribution in [3.05, 3.63) is 51.2 Å². The Bertz CT molecular complexity index is 750. The first kappa shape index (κ1) is 16.5. The molecule has 114 valence electrons. The molecule has 2 rings (SSSR count). The van der Waals surface area contributed by atoms with Crippen LogP contribution in [0.25, 0.3) is 0 Å². The predicted molar refractivity (Wildman–Crippen MR) is 88.0 cm³/mol. The highest BCUT2D eigenvalue weighted by Crippen LogP contribution is 2.27. The summed E-state index contributed by atoms with van der Waals surface area (Å²) < 4.78 is 0. The van der Waals surface area contributed by atoms with E-state index in [2.05, 4.69) is 15.6 Å². The molecule has 22 heavy (non-hydrogen) atoms. The van der Waals surface area contributed by atoms with E-state index in [-0.39, 0.29) is 21.6 Å². The Balaban J connectivity index is 2.23. The van der Waals surface area contributed by atoms with Gasteiger partial charge in [-0.15, -0.1) is 0 Å². The topological polar surface area (TPSA) is 71.1 Å². The normalized spacial score (nSPS) is 10.2. The maximum Gasteiger partial charge on any atom is 0.257 e. The van der Waals surface area contributed by atoms with Crippen molar-refractivity contribution in [1.82, 2.24) is 4.98 Å². The maximum absolute atomic E-state index is 12.2. The van der Waals surface area contributed by atoms with E-state index in [0.29, 0.717) is 16.4 Å². The van der Waals surface area contributed by atoms with Gasteiger partial charge in [-0.1, -0.05) is 34.8 Å². The molecule has 1 aromatic carbocycles. The van der Waals surface area contributed by atoms with Crippen LogP contribution in [0.5, 0.6) is 0 Å². The highest BCUT2D eigenvalue weighted by atomic mass is 35.5. The van der Waals surface area contributed by atoms with Crippen molar-refractivity contribution in [3.8, 4) is 0 Å². The molecule has 0 spiro atoms. The monoisotopic (exact) mass is 357 g/mol. The fraction of sp³-hybridized carbons (Fsp3) is 0.0714. The van der Waals surface area contributed by atoms with Crippen molar-refractivity contribution in [2.24, 2.45) is 0 Å². The molecule has 8 heteroatoms. The van der Waals surface area contributed by atoms with E-state index in [1.165, 1.54) is 19.2 Å². The van der Waals surface area contributed by atoms with Crippen molar-refractivity contribution in [3.63, 3.8) is 0 Å².